The fraction of sp³-hybridized carbons (Fsp3) is 0.357. The monoisotopic (exact) mass is 308 g/mol. The van der Waals surface area contributed by atoms with Crippen LogP contribution in [0, 0.1) is 0 Å². The van der Waals surface area contributed by atoms with Gasteiger partial charge in [-0.05, 0) is 31.0 Å². The second-order valence-corrected chi connectivity index (χ2v) is 5.01. The van der Waals surface area contributed by atoms with Crippen LogP contribution in [0.2, 0.25) is 5.28 Å². The number of anilines is 1. The Labute approximate surface area is 128 Å². The molecule has 2 aromatic rings. The van der Waals surface area contributed by atoms with E-state index in [-0.39, 0.29) is 36.0 Å². The summed E-state index contributed by atoms with van der Waals surface area (Å²) < 4.78 is 5.41. The molecule has 7 heteroatoms. The van der Waals surface area contributed by atoms with E-state index in [1.165, 1.54) is 0 Å². The van der Waals surface area contributed by atoms with Crippen LogP contribution in [-0.4, -0.2) is 32.8 Å². The van der Waals surface area contributed by atoms with Gasteiger partial charge in [-0.2, -0.15) is 15.0 Å². The number of benzene rings is 1. The van der Waals surface area contributed by atoms with Gasteiger partial charge in [-0.15, -0.1) is 0 Å². The Morgan fingerprint density at radius 3 is 2.52 bits per heavy atom. The Balaban J connectivity index is 2.19. The molecule has 6 nitrogen and oxygen atoms in total. The first kappa shape index (κ1) is 15.5. The molecule has 0 aliphatic rings. The van der Waals surface area contributed by atoms with Crippen LogP contribution < -0.4 is 10.1 Å². The summed E-state index contributed by atoms with van der Waals surface area (Å²) >= 11 is 5.86. The molecule has 0 fully saturated rings. The first-order valence-electron chi connectivity index (χ1n) is 6.59. The van der Waals surface area contributed by atoms with Crippen molar-refractivity contribution in [2.45, 2.75) is 26.0 Å². The highest BCUT2D eigenvalue weighted by atomic mass is 35.5. The Bertz CT molecular complexity index is 580. The average molecular weight is 309 g/mol. The molecular weight excluding hydrogens is 292 g/mol. The molecule has 0 saturated carbocycles. The van der Waals surface area contributed by atoms with Crippen molar-refractivity contribution in [1.82, 2.24) is 15.0 Å². The average Bonchev–Trinajstić information content (AvgIpc) is 2.44. The number of aliphatic hydroxyl groups is 1. The Hall–Kier alpha value is -1.92. The van der Waals surface area contributed by atoms with E-state index in [1.54, 1.807) is 0 Å². The lowest BCUT2D eigenvalue weighted by Gasteiger charge is -2.17. The molecule has 0 spiro atoms. The maximum atomic E-state index is 9.53. The largest absolute Gasteiger partial charge is 0.461 e. The number of aliphatic hydroxyl groups excluding tert-OH is 1. The van der Waals surface area contributed by atoms with Crippen LogP contribution in [0.5, 0.6) is 6.01 Å². The van der Waals surface area contributed by atoms with Gasteiger partial charge in [0.2, 0.25) is 11.2 Å². The van der Waals surface area contributed by atoms with Crippen LogP contribution >= 0.6 is 11.6 Å². The molecule has 0 aliphatic heterocycles. The zero-order valence-electron chi connectivity index (χ0n) is 11.8. The molecule has 0 amide bonds. The Morgan fingerprint density at radius 1 is 1.19 bits per heavy atom. The van der Waals surface area contributed by atoms with Gasteiger partial charge in [-0.3, -0.25) is 0 Å². The van der Waals surface area contributed by atoms with Gasteiger partial charge in [0.25, 0.3) is 0 Å². The second-order valence-electron chi connectivity index (χ2n) is 4.67. The standard InChI is InChI=1S/C14H17ClN4O2/c1-9(2)21-14-18-12(15)17-13(19-14)16-11(8-20)10-6-4-3-5-7-10/h3-7,9,11,20H,8H2,1-2H3,(H,16,17,18,19). The molecule has 0 aliphatic carbocycles. The highest BCUT2D eigenvalue weighted by Crippen LogP contribution is 2.19. The van der Waals surface area contributed by atoms with Gasteiger partial charge in [0.1, 0.15) is 0 Å². The van der Waals surface area contributed by atoms with E-state index in [9.17, 15) is 5.11 Å². The van der Waals surface area contributed by atoms with Crippen molar-refractivity contribution >= 4 is 17.5 Å². The van der Waals surface area contributed by atoms with Crippen molar-refractivity contribution in [1.29, 1.82) is 0 Å². The van der Waals surface area contributed by atoms with Crippen molar-refractivity contribution in [3.8, 4) is 6.01 Å². The number of aromatic nitrogens is 3. The lowest BCUT2D eigenvalue weighted by molar-refractivity contribution is 0.221. The molecule has 1 aromatic carbocycles. The van der Waals surface area contributed by atoms with E-state index in [0.717, 1.165) is 5.56 Å². The van der Waals surface area contributed by atoms with Gasteiger partial charge in [-0.1, -0.05) is 30.3 Å². The second kappa shape index (κ2) is 7.19. The van der Waals surface area contributed by atoms with Crippen LogP contribution in [0.4, 0.5) is 5.95 Å². The normalized spacial score (nSPS) is 12.2. The number of nitrogens with zero attached hydrogens (tertiary/aromatic N) is 3. The van der Waals surface area contributed by atoms with E-state index in [0.29, 0.717) is 0 Å². The summed E-state index contributed by atoms with van der Waals surface area (Å²) in [5, 5.41) is 12.6. The van der Waals surface area contributed by atoms with Crippen LogP contribution in [0.1, 0.15) is 25.5 Å². The van der Waals surface area contributed by atoms with E-state index >= 15 is 0 Å². The fourth-order valence-electron chi connectivity index (χ4n) is 1.74. The summed E-state index contributed by atoms with van der Waals surface area (Å²) in [6.45, 7) is 3.63. The SMILES string of the molecule is CC(C)Oc1nc(Cl)nc(NC(CO)c2ccccc2)n1. The van der Waals surface area contributed by atoms with E-state index in [2.05, 4.69) is 20.3 Å². The van der Waals surface area contributed by atoms with Crippen molar-refractivity contribution in [3.05, 3.63) is 41.2 Å². The summed E-state index contributed by atoms with van der Waals surface area (Å²) in [5.74, 6) is 0.258. The van der Waals surface area contributed by atoms with Gasteiger partial charge in [0, 0.05) is 0 Å². The van der Waals surface area contributed by atoms with Crippen molar-refractivity contribution < 1.29 is 9.84 Å². The van der Waals surface area contributed by atoms with Crippen LogP contribution in [0.25, 0.3) is 0 Å². The zero-order chi connectivity index (χ0) is 15.2. The van der Waals surface area contributed by atoms with Crippen LogP contribution in [0.15, 0.2) is 30.3 Å². The van der Waals surface area contributed by atoms with Gasteiger partial charge in [0.05, 0.1) is 18.8 Å². The summed E-state index contributed by atoms with van der Waals surface area (Å²) in [6.07, 6.45) is -0.0703. The summed E-state index contributed by atoms with van der Waals surface area (Å²) in [6, 6.07) is 9.33. The first-order valence-corrected chi connectivity index (χ1v) is 6.97. The third-order valence-electron chi connectivity index (χ3n) is 2.62. The van der Waals surface area contributed by atoms with Gasteiger partial charge in [-0.25, -0.2) is 0 Å². The van der Waals surface area contributed by atoms with Gasteiger partial charge < -0.3 is 15.2 Å². The molecule has 0 bridgehead atoms. The molecule has 2 rings (SSSR count). The number of hydrogen-bond acceptors (Lipinski definition) is 6. The minimum Gasteiger partial charge on any atom is -0.461 e. The number of ether oxygens (including phenoxy) is 1. The third-order valence-corrected chi connectivity index (χ3v) is 2.79. The zero-order valence-corrected chi connectivity index (χ0v) is 12.6. The summed E-state index contributed by atoms with van der Waals surface area (Å²) in [4.78, 5) is 12.0. The van der Waals surface area contributed by atoms with Gasteiger partial charge in [0.15, 0.2) is 0 Å². The predicted octanol–water partition coefficient (Wildman–Crippen LogP) is 2.46. The molecule has 0 saturated heterocycles. The molecule has 2 N–H and O–H groups in total. The number of rotatable bonds is 6. The molecule has 1 atom stereocenters. The molecule has 21 heavy (non-hydrogen) atoms. The van der Waals surface area contributed by atoms with Crippen molar-refractivity contribution in [2.24, 2.45) is 0 Å². The maximum Gasteiger partial charge on any atom is 0.322 e. The minimum atomic E-state index is -0.337. The molecule has 1 unspecified atom stereocenters. The molecular formula is C14H17ClN4O2. The molecule has 1 aromatic heterocycles. The summed E-state index contributed by atoms with van der Waals surface area (Å²) in [5.41, 5.74) is 0.919. The number of halogens is 1. The predicted molar refractivity (Wildman–Crippen MR) is 80.5 cm³/mol. The first-order chi connectivity index (χ1) is 10.1. The van der Waals surface area contributed by atoms with Crippen LogP contribution in [-0.2, 0) is 0 Å². The van der Waals surface area contributed by atoms with E-state index in [1.807, 2.05) is 44.2 Å². The van der Waals surface area contributed by atoms with Crippen molar-refractivity contribution in [2.75, 3.05) is 11.9 Å². The summed E-state index contributed by atoms with van der Waals surface area (Å²) in [7, 11) is 0. The fourth-order valence-corrected chi connectivity index (χ4v) is 1.89. The molecule has 0 radical (unpaired) electrons. The van der Waals surface area contributed by atoms with Crippen molar-refractivity contribution in [3.63, 3.8) is 0 Å². The third kappa shape index (κ3) is 4.54. The maximum absolute atomic E-state index is 9.53. The lowest BCUT2D eigenvalue weighted by Crippen LogP contribution is -2.18. The minimum absolute atomic E-state index is 0.0351. The van der Waals surface area contributed by atoms with Gasteiger partial charge >= 0.3 is 6.01 Å². The van der Waals surface area contributed by atoms with Crippen LogP contribution in [0.3, 0.4) is 0 Å². The Morgan fingerprint density at radius 2 is 1.90 bits per heavy atom. The quantitative estimate of drug-likeness (QED) is 0.853. The molecule has 112 valence electrons. The number of hydrogen-bond donors (Lipinski definition) is 2. The van der Waals surface area contributed by atoms with E-state index in [4.69, 9.17) is 16.3 Å². The number of nitrogens with one attached hydrogen (secondary N) is 1. The Kier molecular flexibility index (Phi) is 5.30. The highest BCUT2D eigenvalue weighted by Gasteiger charge is 2.14. The smallest absolute Gasteiger partial charge is 0.322 e. The van der Waals surface area contributed by atoms with E-state index < -0.39 is 0 Å². The molecule has 1 heterocycles. The lowest BCUT2D eigenvalue weighted by atomic mass is 10.1. The highest BCUT2D eigenvalue weighted by molar-refractivity contribution is 6.28. The topological polar surface area (TPSA) is 80.2 Å².